The molecule has 7 nitrogen and oxygen atoms in total. The number of aryl methyl sites for hydroxylation is 1. The molecule has 0 amide bonds. The van der Waals surface area contributed by atoms with Gasteiger partial charge in [0.2, 0.25) is 10.0 Å². The molecule has 0 bridgehead atoms. The Balaban J connectivity index is 2.80. The lowest BCUT2D eigenvalue weighted by Crippen LogP contribution is -2.35. The maximum atomic E-state index is 12.2. The summed E-state index contributed by atoms with van der Waals surface area (Å²) >= 11 is 0. The molecule has 20 heavy (non-hydrogen) atoms. The quantitative estimate of drug-likeness (QED) is 0.664. The molecule has 0 saturated heterocycles. The first-order valence-electron chi connectivity index (χ1n) is 6.39. The molecule has 3 N–H and O–H groups in total. The Morgan fingerprint density at radius 2 is 2.15 bits per heavy atom. The fourth-order valence-corrected chi connectivity index (χ4v) is 2.95. The van der Waals surface area contributed by atoms with Gasteiger partial charge in [-0.1, -0.05) is 0 Å². The Morgan fingerprint density at radius 3 is 2.60 bits per heavy atom. The van der Waals surface area contributed by atoms with Crippen molar-refractivity contribution < 1.29 is 17.9 Å². The van der Waals surface area contributed by atoms with Crippen molar-refractivity contribution in [3.63, 3.8) is 0 Å². The van der Waals surface area contributed by atoms with Gasteiger partial charge in [-0.2, -0.15) is 0 Å². The molecule has 0 aliphatic rings. The molecule has 0 aliphatic carbocycles. The van der Waals surface area contributed by atoms with Crippen LogP contribution in [0.2, 0.25) is 0 Å². The van der Waals surface area contributed by atoms with E-state index in [0.29, 0.717) is 19.7 Å². The molecule has 0 aromatic carbocycles. The van der Waals surface area contributed by atoms with Crippen LogP contribution in [0.25, 0.3) is 0 Å². The van der Waals surface area contributed by atoms with Crippen LogP contribution < -0.4 is 10.5 Å². The van der Waals surface area contributed by atoms with Gasteiger partial charge in [-0.15, -0.1) is 0 Å². The third-order valence-electron chi connectivity index (χ3n) is 3.01. The van der Waals surface area contributed by atoms with E-state index in [2.05, 4.69) is 4.72 Å². The van der Waals surface area contributed by atoms with Gasteiger partial charge in [0.1, 0.15) is 0 Å². The summed E-state index contributed by atoms with van der Waals surface area (Å²) < 4.78 is 38.8. The predicted molar refractivity (Wildman–Crippen MR) is 75.9 cm³/mol. The lowest BCUT2D eigenvalue weighted by Gasteiger charge is -2.14. The smallest absolute Gasteiger partial charge is 0.242 e. The van der Waals surface area contributed by atoms with Crippen molar-refractivity contribution in [2.24, 2.45) is 5.73 Å². The highest BCUT2D eigenvalue weighted by Crippen LogP contribution is 2.14. The van der Waals surface area contributed by atoms with Gasteiger partial charge in [-0.25, -0.2) is 13.1 Å². The van der Waals surface area contributed by atoms with Crippen molar-refractivity contribution >= 4 is 10.0 Å². The van der Waals surface area contributed by atoms with Gasteiger partial charge in [0.25, 0.3) is 0 Å². The van der Waals surface area contributed by atoms with E-state index in [9.17, 15) is 8.42 Å². The number of ether oxygens (including phenoxy) is 2. The van der Waals surface area contributed by atoms with E-state index in [1.54, 1.807) is 12.3 Å². The van der Waals surface area contributed by atoms with Gasteiger partial charge in [0.05, 0.1) is 17.6 Å². The normalized spacial score (nSPS) is 13.6. The number of nitrogens with two attached hydrogens (primary N) is 1. The van der Waals surface area contributed by atoms with Crippen molar-refractivity contribution in [3.8, 4) is 0 Å². The SMILES string of the molecule is CCn1cc(S(=O)(=O)NCC(COC)OC)cc1CN. The molecule has 0 saturated carbocycles. The zero-order valence-corrected chi connectivity index (χ0v) is 12.9. The number of sulfonamides is 1. The Labute approximate surface area is 120 Å². The Hall–Kier alpha value is -0.930. The van der Waals surface area contributed by atoms with Gasteiger partial charge < -0.3 is 19.8 Å². The van der Waals surface area contributed by atoms with Gasteiger partial charge in [-0.05, 0) is 13.0 Å². The standard InChI is InChI=1S/C12H23N3O4S/c1-4-15-8-12(5-10(15)6-13)20(16,17)14-7-11(19-3)9-18-2/h5,8,11,14H,4,6-7,9,13H2,1-3H3. The summed E-state index contributed by atoms with van der Waals surface area (Å²) in [6.45, 7) is 3.38. The topological polar surface area (TPSA) is 95.6 Å². The number of hydrogen-bond donors (Lipinski definition) is 2. The van der Waals surface area contributed by atoms with Crippen LogP contribution in [0.5, 0.6) is 0 Å². The maximum absolute atomic E-state index is 12.2. The van der Waals surface area contributed by atoms with Crippen LogP contribution in [-0.2, 0) is 32.6 Å². The third-order valence-corrected chi connectivity index (χ3v) is 4.40. The molecule has 1 unspecified atom stereocenters. The molecular weight excluding hydrogens is 282 g/mol. The fraction of sp³-hybridized carbons (Fsp3) is 0.667. The maximum Gasteiger partial charge on any atom is 0.242 e. The summed E-state index contributed by atoms with van der Waals surface area (Å²) in [5, 5.41) is 0. The fourth-order valence-electron chi connectivity index (χ4n) is 1.82. The molecule has 0 radical (unpaired) electrons. The molecule has 1 atom stereocenters. The second-order valence-corrected chi connectivity index (χ2v) is 6.09. The van der Waals surface area contributed by atoms with Crippen molar-refractivity contribution in [3.05, 3.63) is 18.0 Å². The second kappa shape index (κ2) is 7.75. The Bertz CT molecular complexity index is 491. The first kappa shape index (κ1) is 17.1. The van der Waals surface area contributed by atoms with E-state index in [0.717, 1.165) is 5.69 Å². The monoisotopic (exact) mass is 305 g/mol. The van der Waals surface area contributed by atoms with Gasteiger partial charge in [-0.3, -0.25) is 0 Å². The Kier molecular flexibility index (Phi) is 6.63. The number of methoxy groups -OCH3 is 2. The summed E-state index contributed by atoms with van der Waals surface area (Å²) in [5.74, 6) is 0. The van der Waals surface area contributed by atoms with E-state index < -0.39 is 10.0 Å². The molecule has 116 valence electrons. The molecule has 1 rings (SSSR count). The average molecular weight is 305 g/mol. The molecule has 1 aromatic heterocycles. The van der Waals surface area contributed by atoms with E-state index in [1.807, 2.05) is 11.5 Å². The van der Waals surface area contributed by atoms with Crippen molar-refractivity contribution in [2.75, 3.05) is 27.4 Å². The van der Waals surface area contributed by atoms with Crippen LogP contribution in [0, 0.1) is 0 Å². The van der Waals surface area contributed by atoms with Crippen LogP contribution in [-0.4, -0.2) is 46.5 Å². The predicted octanol–water partition coefficient (Wildman–Crippen LogP) is -0.0936. The molecule has 1 heterocycles. The summed E-state index contributed by atoms with van der Waals surface area (Å²) in [6, 6.07) is 1.59. The van der Waals surface area contributed by atoms with Gasteiger partial charge in [0, 0.05) is 45.7 Å². The molecule has 0 aliphatic heterocycles. The van der Waals surface area contributed by atoms with Crippen LogP contribution in [0.15, 0.2) is 17.2 Å². The van der Waals surface area contributed by atoms with Crippen molar-refractivity contribution in [1.29, 1.82) is 0 Å². The summed E-state index contributed by atoms with van der Waals surface area (Å²) in [6.07, 6.45) is 1.26. The van der Waals surface area contributed by atoms with E-state index in [1.165, 1.54) is 14.2 Å². The minimum atomic E-state index is -3.57. The number of hydrogen-bond acceptors (Lipinski definition) is 5. The largest absolute Gasteiger partial charge is 0.382 e. The highest BCUT2D eigenvalue weighted by atomic mass is 32.2. The Morgan fingerprint density at radius 1 is 1.45 bits per heavy atom. The minimum absolute atomic E-state index is 0.155. The van der Waals surface area contributed by atoms with Gasteiger partial charge >= 0.3 is 0 Å². The van der Waals surface area contributed by atoms with E-state index in [-0.39, 0.29) is 17.5 Å². The first-order chi connectivity index (χ1) is 9.48. The molecule has 8 heteroatoms. The van der Waals surface area contributed by atoms with E-state index >= 15 is 0 Å². The first-order valence-corrected chi connectivity index (χ1v) is 7.87. The van der Waals surface area contributed by atoms with Crippen LogP contribution in [0.3, 0.4) is 0 Å². The lowest BCUT2D eigenvalue weighted by atomic mass is 10.4. The summed E-state index contributed by atoms with van der Waals surface area (Å²) in [7, 11) is -0.518. The molecule has 0 spiro atoms. The molecular formula is C12H23N3O4S. The van der Waals surface area contributed by atoms with Gasteiger partial charge in [0.15, 0.2) is 0 Å². The minimum Gasteiger partial charge on any atom is -0.382 e. The van der Waals surface area contributed by atoms with Crippen LogP contribution in [0.1, 0.15) is 12.6 Å². The van der Waals surface area contributed by atoms with Crippen molar-refractivity contribution in [1.82, 2.24) is 9.29 Å². The zero-order chi connectivity index (χ0) is 15.2. The van der Waals surface area contributed by atoms with Crippen LogP contribution in [0.4, 0.5) is 0 Å². The highest BCUT2D eigenvalue weighted by molar-refractivity contribution is 7.89. The van der Waals surface area contributed by atoms with Crippen molar-refractivity contribution in [2.45, 2.75) is 31.0 Å². The highest BCUT2D eigenvalue weighted by Gasteiger charge is 2.19. The molecule has 1 aromatic rings. The average Bonchev–Trinajstić information content (AvgIpc) is 2.87. The number of aromatic nitrogens is 1. The molecule has 0 fully saturated rings. The lowest BCUT2D eigenvalue weighted by molar-refractivity contribution is 0.0320. The number of nitrogens with one attached hydrogen (secondary N) is 1. The van der Waals surface area contributed by atoms with E-state index in [4.69, 9.17) is 15.2 Å². The third kappa shape index (κ3) is 4.29. The number of nitrogens with zero attached hydrogens (tertiary/aromatic N) is 1. The zero-order valence-electron chi connectivity index (χ0n) is 12.1. The summed E-state index contributed by atoms with van der Waals surface area (Å²) in [4.78, 5) is 0.215. The van der Waals surface area contributed by atoms with Crippen LogP contribution >= 0.6 is 0 Å². The second-order valence-electron chi connectivity index (χ2n) is 4.32. The number of rotatable bonds is 9. The summed E-state index contributed by atoms with van der Waals surface area (Å²) in [5.41, 5.74) is 6.38.